The molecule has 0 saturated heterocycles. The fraction of sp³-hybridized carbons (Fsp3) is 0.300. The maximum atomic E-state index is 12.4. The molecule has 0 bridgehead atoms. The minimum absolute atomic E-state index is 0.138. The van der Waals surface area contributed by atoms with Crippen molar-refractivity contribution in [1.29, 1.82) is 0 Å². The number of benzene rings is 2. The first kappa shape index (κ1) is 17.8. The summed E-state index contributed by atoms with van der Waals surface area (Å²) in [5.41, 5.74) is 2.83. The molecule has 0 spiro atoms. The maximum Gasteiger partial charge on any atom is 0.265 e. The number of rotatable bonds is 4. The Kier molecular flexibility index (Phi) is 5.11. The van der Waals surface area contributed by atoms with E-state index in [0.29, 0.717) is 11.5 Å². The molecule has 2 aromatic rings. The Morgan fingerprint density at radius 3 is 2.42 bits per heavy atom. The van der Waals surface area contributed by atoms with E-state index in [0.717, 1.165) is 16.8 Å². The molecule has 2 N–H and O–H groups in total. The topological polar surface area (TPSA) is 76.7 Å². The number of anilines is 1. The number of carbonyl (C=O) groups excluding carboxylic acids is 2. The van der Waals surface area contributed by atoms with Crippen LogP contribution in [0.3, 0.4) is 0 Å². The van der Waals surface area contributed by atoms with Crippen molar-refractivity contribution in [2.24, 2.45) is 0 Å². The van der Waals surface area contributed by atoms with E-state index in [1.807, 2.05) is 44.2 Å². The zero-order valence-electron chi connectivity index (χ0n) is 15.0. The molecule has 0 aromatic heterocycles. The first-order valence-electron chi connectivity index (χ1n) is 8.52. The lowest BCUT2D eigenvalue weighted by atomic mass is 10.1. The third kappa shape index (κ3) is 3.79. The zero-order chi connectivity index (χ0) is 18.7. The molecule has 3 rings (SSSR count). The van der Waals surface area contributed by atoms with Crippen molar-refractivity contribution < 1.29 is 19.1 Å². The van der Waals surface area contributed by atoms with Crippen LogP contribution in [0.15, 0.2) is 42.5 Å². The third-order valence-electron chi connectivity index (χ3n) is 4.40. The average Bonchev–Trinajstić information content (AvgIpc) is 2.63. The van der Waals surface area contributed by atoms with Crippen molar-refractivity contribution in [3.05, 3.63) is 53.6 Å². The summed E-state index contributed by atoms with van der Waals surface area (Å²) in [4.78, 5) is 24.5. The molecule has 1 aliphatic rings. The lowest BCUT2D eigenvalue weighted by Gasteiger charge is -2.30. The summed E-state index contributed by atoms with van der Waals surface area (Å²) in [6.07, 6.45) is -1.26. The number of para-hydroxylation sites is 2. The standard InChI is InChI=1S/C20H22N2O4/c1-12-7-6-8-15(13(12)2)22-18(23)11-21-20(24)19-14(3)25-16-9-4-5-10-17(16)26-19/h4-10,14,19H,11H2,1-3H3,(H,21,24)(H,22,23)/t14-,19-/m1/s1. The number of hydrogen-bond donors (Lipinski definition) is 2. The molecule has 136 valence electrons. The van der Waals surface area contributed by atoms with Gasteiger partial charge in [-0.3, -0.25) is 9.59 Å². The number of carbonyl (C=O) groups is 2. The van der Waals surface area contributed by atoms with E-state index in [4.69, 9.17) is 9.47 Å². The van der Waals surface area contributed by atoms with Gasteiger partial charge in [-0.2, -0.15) is 0 Å². The highest BCUT2D eigenvalue weighted by Crippen LogP contribution is 2.33. The van der Waals surface area contributed by atoms with Crippen LogP contribution >= 0.6 is 0 Å². The molecule has 0 fully saturated rings. The predicted molar refractivity (Wildman–Crippen MR) is 98.5 cm³/mol. The number of hydrogen-bond acceptors (Lipinski definition) is 4. The van der Waals surface area contributed by atoms with Gasteiger partial charge in [-0.1, -0.05) is 24.3 Å². The van der Waals surface area contributed by atoms with E-state index in [2.05, 4.69) is 10.6 Å². The number of nitrogens with one attached hydrogen (secondary N) is 2. The van der Waals surface area contributed by atoms with Crippen molar-refractivity contribution in [3.63, 3.8) is 0 Å². The molecule has 2 aromatic carbocycles. The molecular formula is C20H22N2O4. The van der Waals surface area contributed by atoms with Gasteiger partial charge in [0.25, 0.3) is 5.91 Å². The van der Waals surface area contributed by atoms with Crippen LogP contribution in [0.5, 0.6) is 11.5 Å². The average molecular weight is 354 g/mol. The van der Waals surface area contributed by atoms with Crippen LogP contribution in [-0.2, 0) is 9.59 Å². The second kappa shape index (κ2) is 7.47. The van der Waals surface area contributed by atoms with Crippen LogP contribution < -0.4 is 20.1 Å². The third-order valence-corrected chi connectivity index (χ3v) is 4.40. The van der Waals surface area contributed by atoms with Crippen LogP contribution in [0.25, 0.3) is 0 Å². The quantitative estimate of drug-likeness (QED) is 0.885. The summed E-state index contributed by atoms with van der Waals surface area (Å²) in [6, 6.07) is 12.9. The van der Waals surface area contributed by atoms with Gasteiger partial charge in [0.2, 0.25) is 12.0 Å². The van der Waals surface area contributed by atoms with Crippen molar-refractivity contribution in [3.8, 4) is 11.5 Å². The van der Waals surface area contributed by atoms with E-state index in [9.17, 15) is 9.59 Å². The van der Waals surface area contributed by atoms with Gasteiger partial charge in [-0.25, -0.2) is 0 Å². The van der Waals surface area contributed by atoms with Gasteiger partial charge in [0.1, 0.15) is 6.10 Å². The van der Waals surface area contributed by atoms with Gasteiger partial charge in [-0.15, -0.1) is 0 Å². The lowest BCUT2D eigenvalue weighted by molar-refractivity contribution is -0.134. The monoisotopic (exact) mass is 354 g/mol. The van der Waals surface area contributed by atoms with Crippen LogP contribution in [0.2, 0.25) is 0 Å². The molecular weight excluding hydrogens is 332 g/mol. The highest BCUT2D eigenvalue weighted by Gasteiger charge is 2.34. The minimum atomic E-state index is -0.807. The van der Waals surface area contributed by atoms with E-state index in [1.54, 1.807) is 19.1 Å². The van der Waals surface area contributed by atoms with Gasteiger partial charge in [0.05, 0.1) is 6.54 Å². The van der Waals surface area contributed by atoms with Gasteiger partial charge in [0, 0.05) is 5.69 Å². The summed E-state index contributed by atoms with van der Waals surface area (Å²) < 4.78 is 11.4. The number of fused-ring (bicyclic) bond motifs is 1. The highest BCUT2D eigenvalue weighted by atomic mass is 16.6. The summed E-state index contributed by atoms with van der Waals surface area (Å²) in [7, 11) is 0. The Hall–Kier alpha value is -3.02. The summed E-state index contributed by atoms with van der Waals surface area (Å²) in [6.45, 7) is 5.54. The van der Waals surface area contributed by atoms with E-state index in [-0.39, 0.29) is 18.4 Å². The van der Waals surface area contributed by atoms with Gasteiger partial charge in [-0.05, 0) is 50.1 Å². The molecule has 2 amide bonds. The van der Waals surface area contributed by atoms with E-state index >= 15 is 0 Å². The fourth-order valence-electron chi connectivity index (χ4n) is 2.76. The first-order chi connectivity index (χ1) is 12.5. The molecule has 2 atom stereocenters. The molecule has 0 unspecified atom stereocenters. The van der Waals surface area contributed by atoms with Crippen LogP contribution in [0.4, 0.5) is 5.69 Å². The summed E-state index contributed by atoms with van der Waals surface area (Å²) >= 11 is 0. The number of aryl methyl sites for hydroxylation is 1. The van der Waals surface area contributed by atoms with Gasteiger partial charge in [0.15, 0.2) is 11.5 Å². The molecule has 6 nitrogen and oxygen atoms in total. The molecule has 1 heterocycles. The second-order valence-electron chi connectivity index (χ2n) is 6.32. The van der Waals surface area contributed by atoms with Gasteiger partial charge < -0.3 is 20.1 Å². The van der Waals surface area contributed by atoms with Crippen LogP contribution in [0.1, 0.15) is 18.1 Å². The molecule has 6 heteroatoms. The molecule has 1 aliphatic heterocycles. The molecule has 0 aliphatic carbocycles. The Bertz CT molecular complexity index is 834. The van der Waals surface area contributed by atoms with E-state index < -0.39 is 12.2 Å². The molecule has 0 saturated carbocycles. The first-order valence-corrected chi connectivity index (χ1v) is 8.52. The van der Waals surface area contributed by atoms with Gasteiger partial charge >= 0.3 is 0 Å². The molecule has 26 heavy (non-hydrogen) atoms. The van der Waals surface area contributed by atoms with Crippen molar-refractivity contribution >= 4 is 17.5 Å². The summed E-state index contributed by atoms with van der Waals surface area (Å²) in [5.74, 6) is 0.447. The number of amides is 2. The maximum absolute atomic E-state index is 12.4. The highest BCUT2D eigenvalue weighted by molar-refractivity contribution is 5.96. The fourth-order valence-corrected chi connectivity index (χ4v) is 2.76. The largest absolute Gasteiger partial charge is 0.482 e. The minimum Gasteiger partial charge on any atom is -0.482 e. The lowest BCUT2D eigenvalue weighted by Crippen LogP contribution is -2.50. The Morgan fingerprint density at radius 2 is 1.69 bits per heavy atom. The van der Waals surface area contributed by atoms with Crippen molar-refractivity contribution in [2.45, 2.75) is 33.0 Å². The van der Waals surface area contributed by atoms with Crippen LogP contribution in [0, 0.1) is 13.8 Å². The van der Waals surface area contributed by atoms with Crippen LogP contribution in [-0.4, -0.2) is 30.6 Å². The zero-order valence-corrected chi connectivity index (χ0v) is 15.0. The predicted octanol–water partition coefficient (Wildman–Crippen LogP) is 2.59. The smallest absolute Gasteiger partial charge is 0.265 e. The normalized spacial score (nSPS) is 18.1. The second-order valence-corrected chi connectivity index (χ2v) is 6.32. The van der Waals surface area contributed by atoms with Crippen molar-refractivity contribution in [1.82, 2.24) is 5.32 Å². The SMILES string of the molecule is Cc1cccc(NC(=O)CNC(=O)[C@@H]2Oc3ccccc3O[C@@H]2C)c1C. The Morgan fingerprint density at radius 1 is 1.00 bits per heavy atom. The number of ether oxygens (including phenoxy) is 2. The van der Waals surface area contributed by atoms with E-state index in [1.165, 1.54) is 0 Å². The van der Waals surface area contributed by atoms with Crippen molar-refractivity contribution in [2.75, 3.05) is 11.9 Å². The molecule has 0 radical (unpaired) electrons. The Labute approximate surface area is 152 Å². The Balaban J connectivity index is 1.57. The summed E-state index contributed by atoms with van der Waals surface area (Å²) in [5, 5.41) is 5.42.